The summed E-state index contributed by atoms with van der Waals surface area (Å²) in [6, 6.07) is 3.97. The molecule has 1 aromatic carbocycles. The molecular formula is C12H13N3O4S2. The minimum absolute atomic E-state index is 0.241. The van der Waals surface area contributed by atoms with Crippen LogP contribution in [0.4, 0.5) is 10.5 Å². The standard InChI is InChI=1S/C12H13N3O4S2/c16-10-5-21(18,19)4-9(10)15-12(17)14-7-1-2-8-11(3-7)20-6-13-8/h1-3,6,9-10,16H,4-5H2,(H2,14,15,17)/t9-,10-/m1/s1. The Balaban J connectivity index is 1.66. The number of amides is 2. The molecule has 2 aromatic rings. The van der Waals surface area contributed by atoms with Crippen LogP contribution in [0.5, 0.6) is 0 Å². The number of hydrogen-bond donors (Lipinski definition) is 3. The third kappa shape index (κ3) is 3.14. The lowest BCUT2D eigenvalue weighted by atomic mass is 10.2. The summed E-state index contributed by atoms with van der Waals surface area (Å²) in [6.07, 6.45) is -1.07. The molecule has 0 aliphatic carbocycles. The largest absolute Gasteiger partial charge is 0.390 e. The van der Waals surface area contributed by atoms with Crippen molar-refractivity contribution in [2.24, 2.45) is 0 Å². The van der Waals surface area contributed by atoms with Crippen molar-refractivity contribution in [1.82, 2.24) is 10.3 Å². The quantitative estimate of drug-likeness (QED) is 0.747. The summed E-state index contributed by atoms with van der Waals surface area (Å²) in [5, 5.41) is 14.7. The van der Waals surface area contributed by atoms with Crippen LogP contribution < -0.4 is 10.6 Å². The number of aliphatic hydroxyl groups is 1. The Morgan fingerprint density at radius 3 is 2.90 bits per heavy atom. The molecule has 3 N–H and O–H groups in total. The zero-order chi connectivity index (χ0) is 15.0. The van der Waals surface area contributed by atoms with Crippen molar-refractivity contribution >= 4 is 43.1 Å². The van der Waals surface area contributed by atoms with Gasteiger partial charge in [-0.3, -0.25) is 0 Å². The highest BCUT2D eigenvalue weighted by molar-refractivity contribution is 7.91. The first kappa shape index (κ1) is 14.2. The molecule has 0 saturated carbocycles. The molecule has 2 amide bonds. The molecule has 0 radical (unpaired) electrons. The Morgan fingerprint density at radius 2 is 2.19 bits per heavy atom. The number of anilines is 1. The van der Waals surface area contributed by atoms with E-state index in [0.29, 0.717) is 5.69 Å². The van der Waals surface area contributed by atoms with E-state index < -0.39 is 28.0 Å². The fourth-order valence-electron chi connectivity index (χ4n) is 2.24. The summed E-state index contributed by atoms with van der Waals surface area (Å²) >= 11 is 1.46. The molecule has 1 aliphatic rings. The highest BCUT2D eigenvalue weighted by Gasteiger charge is 2.37. The van der Waals surface area contributed by atoms with E-state index in [2.05, 4.69) is 15.6 Å². The van der Waals surface area contributed by atoms with Crippen LogP contribution in [0.2, 0.25) is 0 Å². The number of hydrogen-bond acceptors (Lipinski definition) is 6. The molecule has 0 spiro atoms. The summed E-state index contributed by atoms with van der Waals surface area (Å²) in [5.41, 5.74) is 3.15. The molecule has 0 bridgehead atoms. The van der Waals surface area contributed by atoms with Crippen LogP contribution in [-0.2, 0) is 9.84 Å². The zero-order valence-corrected chi connectivity index (χ0v) is 12.4. The van der Waals surface area contributed by atoms with Gasteiger partial charge in [0, 0.05) is 5.69 Å². The van der Waals surface area contributed by atoms with Crippen LogP contribution in [0.3, 0.4) is 0 Å². The predicted molar refractivity (Wildman–Crippen MR) is 80.2 cm³/mol. The third-order valence-corrected chi connectivity index (χ3v) is 5.74. The Bertz CT molecular complexity index is 787. The fourth-order valence-corrected chi connectivity index (χ4v) is 4.69. The molecular weight excluding hydrogens is 314 g/mol. The number of thiazole rings is 1. The number of carbonyl (C=O) groups excluding carboxylic acids is 1. The first-order valence-corrected chi connectivity index (χ1v) is 8.92. The van der Waals surface area contributed by atoms with Gasteiger partial charge in [0.1, 0.15) is 0 Å². The highest BCUT2D eigenvalue weighted by atomic mass is 32.2. The van der Waals surface area contributed by atoms with Crippen LogP contribution in [0.1, 0.15) is 0 Å². The van der Waals surface area contributed by atoms with E-state index in [0.717, 1.165) is 10.2 Å². The van der Waals surface area contributed by atoms with Crippen LogP contribution in [0.15, 0.2) is 23.7 Å². The summed E-state index contributed by atoms with van der Waals surface area (Å²) in [6.45, 7) is 0. The van der Waals surface area contributed by atoms with Gasteiger partial charge in [-0.2, -0.15) is 0 Å². The number of aliphatic hydroxyl groups excluding tert-OH is 1. The first-order chi connectivity index (χ1) is 9.93. The average molecular weight is 327 g/mol. The molecule has 3 rings (SSSR count). The normalized spacial score (nSPS) is 24.0. The van der Waals surface area contributed by atoms with Gasteiger partial charge in [0.25, 0.3) is 0 Å². The van der Waals surface area contributed by atoms with Crippen LogP contribution in [-0.4, -0.2) is 48.2 Å². The van der Waals surface area contributed by atoms with E-state index in [9.17, 15) is 18.3 Å². The highest BCUT2D eigenvalue weighted by Crippen LogP contribution is 2.21. The number of sulfone groups is 1. The van der Waals surface area contributed by atoms with Crippen molar-refractivity contribution in [3.8, 4) is 0 Å². The topological polar surface area (TPSA) is 108 Å². The second-order valence-corrected chi connectivity index (χ2v) is 7.92. The predicted octanol–water partition coefficient (Wildman–Crippen LogP) is 0.576. The zero-order valence-electron chi connectivity index (χ0n) is 10.8. The van der Waals surface area contributed by atoms with Gasteiger partial charge in [0.2, 0.25) is 0 Å². The Hall–Kier alpha value is -1.71. The molecule has 1 aromatic heterocycles. The van der Waals surface area contributed by atoms with E-state index in [4.69, 9.17) is 0 Å². The van der Waals surface area contributed by atoms with E-state index in [1.165, 1.54) is 11.3 Å². The second-order valence-electron chi connectivity index (χ2n) is 4.88. The van der Waals surface area contributed by atoms with Crippen molar-refractivity contribution in [2.75, 3.05) is 16.8 Å². The van der Waals surface area contributed by atoms with E-state index in [1.807, 2.05) is 0 Å². The number of nitrogens with zero attached hydrogens (tertiary/aromatic N) is 1. The van der Waals surface area contributed by atoms with Crippen molar-refractivity contribution < 1.29 is 18.3 Å². The summed E-state index contributed by atoms with van der Waals surface area (Å²) in [7, 11) is -3.28. The number of urea groups is 1. The lowest BCUT2D eigenvalue weighted by Gasteiger charge is -2.15. The Kier molecular flexibility index (Phi) is 3.56. The molecule has 0 unspecified atom stereocenters. The molecule has 1 saturated heterocycles. The van der Waals surface area contributed by atoms with Gasteiger partial charge in [0.05, 0.1) is 39.4 Å². The van der Waals surface area contributed by atoms with E-state index in [-0.39, 0.29) is 11.5 Å². The minimum Gasteiger partial charge on any atom is -0.390 e. The monoisotopic (exact) mass is 327 g/mol. The summed E-state index contributed by atoms with van der Waals surface area (Å²) in [5.74, 6) is -0.555. The maximum absolute atomic E-state index is 11.9. The number of benzene rings is 1. The van der Waals surface area contributed by atoms with Gasteiger partial charge in [-0.15, -0.1) is 11.3 Å². The van der Waals surface area contributed by atoms with Crippen molar-refractivity contribution in [3.63, 3.8) is 0 Å². The van der Waals surface area contributed by atoms with Crippen molar-refractivity contribution in [2.45, 2.75) is 12.1 Å². The van der Waals surface area contributed by atoms with E-state index in [1.54, 1.807) is 23.7 Å². The molecule has 112 valence electrons. The van der Waals surface area contributed by atoms with Crippen LogP contribution in [0.25, 0.3) is 10.2 Å². The number of aromatic nitrogens is 1. The Labute approximate surface area is 124 Å². The maximum Gasteiger partial charge on any atom is 0.319 e. The minimum atomic E-state index is -3.28. The molecule has 1 fully saturated rings. The lowest BCUT2D eigenvalue weighted by molar-refractivity contribution is 0.167. The van der Waals surface area contributed by atoms with Gasteiger partial charge in [0.15, 0.2) is 9.84 Å². The lowest BCUT2D eigenvalue weighted by Crippen LogP contribution is -2.44. The first-order valence-electron chi connectivity index (χ1n) is 6.22. The van der Waals surface area contributed by atoms with Crippen LogP contribution in [0, 0.1) is 0 Å². The number of fused-ring (bicyclic) bond motifs is 1. The van der Waals surface area contributed by atoms with Gasteiger partial charge < -0.3 is 15.7 Å². The second kappa shape index (κ2) is 5.24. The molecule has 1 aliphatic heterocycles. The smallest absolute Gasteiger partial charge is 0.319 e. The van der Waals surface area contributed by atoms with Crippen LogP contribution >= 0.6 is 11.3 Å². The van der Waals surface area contributed by atoms with Gasteiger partial charge >= 0.3 is 6.03 Å². The SMILES string of the molecule is O=C(Nc1ccc2ncsc2c1)N[C@@H]1CS(=O)(=O)C[C@H]1O. The molecule has 2 atom stereocenters. The molecule has 7 nitrogen and oxygen atoms in total. The van der Waals surface area contributed by atoms with Gasteiger partial charge in [-0.25, -0.2) is 18.2 Å². The molecule has 21 heavy (non-hydrogen) atoms. The third-order valence-electron chi connectivity index (χ3n) is 3.23. The average Bonchev–Trinajstić information content (AvgIpc) is 2.93. The molecule has 2 heterocycles. The van der Waals surface area contributed by atoms with E-state index >= 15 is 0 Å². The number of nitrogens with one attached hydrogen (secondary N) is 2. The summed E-state index contributed by atoms with van der Waals surface area (Å²) < 4.78 is 23.7. The number of carbonyl (C=O) groups is 1. The molecule has 9 heteroatoms. The maximum atomic E-state index is 11.9. The van der Waals surface area contributed by atoms with Crippen molar-refractivity contribution in [1.29, 1.82) is 0 Å². The van der Waals surface area contributed by atoms with Gasteiger partial charge in [-0.1, -0.05) is 0 Å². The Morgan fingerprint density at radius 1 is 1.38 bits per heavy atom. The number of rotatable bonds is 2. The summed E-state index contributed by atoms with van der Waals surface area (Å²) in [4.78, 5) is 16.0. The van der Waals surface area contributed by atoms with Crippen molar-refractivity contribution in [3.05, 3.63) is 23.7 Å². The fraction of sp³-hybridized carbons (Fsp3) is 0.333. The van der Waals surface area contributed by atoms with Gasteiger partial charge in [-0.05, 0) is 18.2 Å².